The first-order chi connectivity index (χ1) is 12.0. The van der Waals surface area contributed by atoms with Gasteiger partial charge in [-0.05, 0) is 44.4 Å². The summed E-state index contributed by atoms with van der Waals surface area (Å²) < 4.78 is -0.617. The second kappa shape index (κ2) is 6.01. The van der Waals surface area contributed by atoms with Gasteiger partial charge in [-0.15, -0.1) is 11.8 Å². The van der Waals surface area contributed by atoms with Crippen LogP contribution in [0.1, 0.15) is 56.5 Å². The van der Waals surface area contributed by atoms with Gasteiger partial charge in [-0.2, -0.15) is 0 Å². The van der Waals surface area contributed by atoms with Crippen LogP contribution in [-0.2, 0) is 9.59 Å². The van der Waals surface area contributed by atoms with Crippen molar-refractivity contribution in [1.29, 1.82) is 0 Å². The average molecular weight is 376 g/mol. The Balaban J connectivity index is 1.79. The number of carboxylic acids is 1. The standard InChI is InChI=1S/C19H24N2O4S/c1-10(2)11-6-8-12(9-7-11)14(22)20-19(5)16(25)21-13(15(23)24)18(3,4)26-17(19)21/h6-10,13,17H,1-5H3,(H,20,22)(H,23,24)/t13-,17+,19-/m0/s1. The minimum atomic E-state index is -1.10. The monoisotopic (exact) mass is 376 g/mol. The molecule has 2 heterocycles. The first-order valence-electron chi connectivity index (χ1n) is 8.65. The van der Waals surface area contributed by atoms with Crippen molar-refractivity contribution in [1.82, 2.24) is 10.2 Å². The molecule has 2 N–H and O–H groups in total. The Morgan fingerprint density at radius 1 is 1.19 bits per heavy atom. The number of aliphatic carboxylic acids is 1. The third-order valence-electron chi connectivity index (χ3n) is 5.22. The number of carbonyl (C=O) groups excluding carboxylic acids is 2. The summed E-state index contributed by atoms with van der Waals surface area (Å²) in [5, 5.41) is 11.9. The van der Waals surface area contributed by atoms with Crippen LogP contribution in [0.3, 0.4) is 0 Å². The molecule has 6 nitrogen and oxygen atoms in total. The number of hydrogen-bond donors (Lipinski definition) is 2. The second-order valence-corrected chi connectivity index (χ2v) is 9.69. The van der Waals surface area contributed by atoms with E-state index in [2.05, 4.69) is 19.2 Å². The van der Waals surface area contributed by atoms with Gasteiger partial charge in [0.1, 0.15) is 17.0 Å². The molecule has 0 aliphatic carbocycles. The number of hydrogen-bond acceptors (Lipinski definition) is 4. The number of carboxylic acid groups (broad SMARTS) is 1. The Labute approximate surface area is 157 Å². The third kappa shape index (κ3) is 2.69. The first kappa shape index (κ1) is 18.8. The maximum absolute atomic E-state index is 12.7. The zero-order chi connectivity index (χ0) is 19.4. The number of thioether (sulfide) groups is 1. The van der Waals surface area contributed by atoms with E-state index in [-0.39, 0.29) is 17.2 Å². The second-order valence-electron chi connectivity index (χ2n) is 7.96. The molecular formula is C19H24N2O4S. The molecule has 3 atom stereocenters. The summed E-state index contributed by atoms with van der Waals surface area (Å²) in [5.74, 6) is -1.32. The van der Waals surface area contributed by atoms with Crippen LogP contribution in [0.5, 0.6) is 0 Å². The number of fused-ring (bicyclic) bond motifs is 1. The van der Waals surface area contributed by atoms with Crippen molar-refractivity contribution in [3.05, 3.63) is 35.4 Å². The molecule has 0 bridgehead atoms. The molecule has 0 saturated carbocycles. The lowest BCUT2D eigenvalue weighted by molar-refractivity contribution is -0.165. The van der Waals surface area contributed by atoms with Crippen molar-refractivity contribution in [3.8, 4) is 0 Å². The van der Waals surface area contributed by atoms with Crippen molar-refractivity contribution < 1.29 is 19.5 Å². The van der Waals surface area contributed by atoms with Gasteiger partial charge in [-0.1, -0.05) is 26.0 Å². The highest BCUT2D eigenvalue weighted by Gasteiger charge is 2.70. The molecule has 2 fully saturated rings. The number of benzene rings is 1. The van der Waals surface area contributed by atoms with E-state index in [0.717, 1.165) is 5.56 Å². The molecule has 0 unspecified atom stereocenters. The molecule has 3 rings (SSSR count). The highest BCUT2D eigenvalue weighted by Crippen LogP contribution is 2.54. The van der Waals surface area contributed by atoms with Crippen LogP contribution in [0.15, 0.2) is 24.3 Å². The van der Waals surface area contributed by atoms with Crippen LogP contribution in [0, 0.1) is 0 Å². The summed E-state index contributed by atoms with van der Waals surface area (Å²) >= 11 is 1.42. The van der Waals surface area contributed by atoms with E-state index >= 15 is 0 Å². The summed E-state index contributed by atoms with van der Waals surface area (Å²) in [6.07, 6.45) is 0. The Hall–Kier alpha value is -2.02. The Morgan fingerprint density at radius 2 is 1.77 bits per heavy atom. The molecule has 2 aliphatic rings. The zero-order valence-corrected chi connectivity index (χ0v) is 16.4. The van der Waals surface area contributed by atoms with E-state index < -0.39 is 22.3 Å². The van der Waals surface area contributed by atoms with Gasteiger partial charge >= 0.3 is 5.97 Å². The van der Waals surface area contributed by atoms with E-state index in [1.54, 1.807) is 19.1 Å². The predicted molar refractivity (Wildman–Crippen MR) is 100 cm³/mol. The molecular weight excluding hydrogens is 352 g/mol. The van der Waals surface area contributed by atoms with Crippen LogP contribution in [0.4, 0.5) is 0 Å². The molecule has 7 heteroatoms. The van der Waals surface area contributed by atoms with Gasteiger partial charge in [-0.3, -0.25) is 9.59 Å². The lowest BCUT2D eigenvalue weighted by Crippen LogP contribution is -2.78. The predicted octanol–water partition coefficient (Wildman–Crippen LogP) is 2.45. The molecule has 26 heavy (non-hydrogen) atoms. The normalized spacial score (nSPS) is 29.3. The largest absolute Gasteiger partial charge is 0.480 e. The van der Waals surface area contributed by atoms with Crippen LogP contribution in [0.2, 0.25) is 0 Å². The van der Waals surface area contributed by atoms with Crippen LogP contribution in [-0.4, -0.2) is 49.5 Å². The zero-order valence-electron chi connectivity index (χ0n) is 15.6. The SMILES string of the molecule is CC(C)c1ccc(C(=O)N[C@@]2(C)C(=O)N3[C@@H](C(=O)O)C(C)(C)S[C@@H]32)cc1. The minimum Gasteiger partial charge on any atom is -0.480 e. The molecule has 0 spiro atoms. The smallest absolute Gasteiger partial charge is 0.327 e. The lowest BCUT2D eigenvalue weighted by atomic mass is 9.86. The van der Waals surface area contributed by atoms with Gasteiger partial charge in [0.05, 0.1) is 0 Å². The van der Waals surface area contributed by atoms with Gasteiger partial charge in [-0.25, -0.2) is 4.79 Å². The average Bonchev–Trinajstić information content (AvgIpc) is 2.84. The van der Waals surface area contributed by atoms with Crippen molar-refractivity contribution >= 4 is 29.5 Å². The number of amides is 2. The first-order valence-corrected chi connectivity index (χ1v) is 9.53. The maximum atomic E-state index is 12.7. The molecule has 2 amide bonds. The summed E-state index contributed by atoms with van der Waals surface area (Å²) in [5.41, 5.74) is 0.523. The van der Waals surface area contributed by atoms with Crippen molar-refractivity contribution in [2.75, 3.05) is 0 Å². The molecule has 2 saturated heterocycles. The van der Waals surface area contributed by atoms with Crippen molar-refractivity contribution in [2.45, 2.75) is 62.2 Å². The molecule has 1 aromatic carbocycles. The Morgan fingerprint density at radius 3 is 2.27 bits per heavy atom. The highest BCUT2D eigenvalue weighted by atomic mass is 32.2. The van der Waals surface area contributed by atoms with E-state index in [4.69, 9.17) is 0 Å². The summed E-state index contributed by atoms with van der Waals surface area (Å²) in [4.78, 5) is 38.3. The van der Waals surface area contributed by atoms with Crippen molar-refractivity contribution in [3.63, 3.8) is 0 Å². The van der Waals surface area contributed by atoms with E-state index in [1.807, 2.05) is 26.0 Å². The van der Waals surface area contributed by atoms with Gasteiger partial charge in [0, 0.05) is 10.3 Å². The number of β-lactam (4-membered cyclic amide) rings is 1. The minimum absolute atomic E-state index is 0.326. The quantitative estimate of drug-likeness (QED) is 0.788. The van der Waals surface area contributed by atoms with E-state index in [1.165, 1.54) is 16.7 Å². The summed E-state index contributed by atoms with van der Waals surface area (Å²) in [6, 6.07) is 6.43. The number of rotatable bonds is 4. The van der Waals surface area contributed by atoms with E-state index in [9.17, 15) is 19.5 Å². The van der Waals surface area contributed by atoms with Crippen LogP contribution >= 0.6 is 11.8 Å². The van der Waals surface area contributed by atoms with Gasteiger partial charge < -0.3 is 15.3 Å². The topological polar surface area (TPSA) is 86.7 Å². The summed E-state index contributed by atoms with van der Waals surface area (Å²) in [6.45, 7) is 9.46. The number of nitrogens with one attached hydrogen (secondary N) is 1. The van der Waals surface area contributed by atoms with Gasteiger partial charge in [0.15, 0.2) is 0 Å². The van der Waals surface area contributed by atoms with Crippen molar-refractivity contribution in [2.24, 2.45) is 0 Å². The third-order valence-corrected chi connectivity index (χ3v) is 6.98. The Kier molecular flexibility index (Phi) is 4.34. The molecule has 1 aromatic rings. The fourth-order valence-corrected chi connectivity index (χ4v) is 5.31. The van der Waals surface area contributed by atoms with Crippen LogP contribution < -0.4 is 5.32 Å². The molecule has 2 aliphatic heterocycles. The lowest BCUT2D eigenvalue weighted by Gasteiger charge is -2.51. The highest BCUT2D eigenvalue weighted by molar-refractivity contribution is 8.01. The number of nitrogens with zero attached hydrogens (tertiary/aromatic N) is 1. The summed E-state index contributed by atoms with van der Waals surface area (Å²) in [7, 11) is 0. The fraction of sp³-hybridized carbons (Fsp3) is 0.526. The van der Waals surface area contributed by atoms with Crippen LogP contribution in [0.25, 0.3) is 0 Å². The molecule has 0 radical (unpaired) electrons. The maximum Gasteiger partial charge on any atom is 0.327 e. The molecule has 0 aromatic heterocycles. The van der Waals surface area contributed by atoms with Gasteiger partial charge in [0.2, 0.25) is 0 Å². The molecule has 140 valence electrons. The van der Waals surface area contributed by atoms with Gasteiger partial charge in [0.25, 0.3) is 11.8 Å². The van der Waals surface area contributed by atoms with E-state index in [0.29, 0.717) is 11.5 Å². The number of carbonyl (C=O) groups is 3. The fourth-order valence-electron chi connectivity index (χ4n) is 3.67. The Bertz CT molecular complexity index is 774.